The lowest BCUT2D eigenvalue weighted by atomic mass is 9.86. The second kappa shape index (κ2) is 4.14. The summed E-state index contributed by atoms with van der Waals surface area (Å²) < 4.78 is 31.9. The van der Waals surface area contributed by atoms with E-state index in [4.69, 9.17) is 4.55 Å². The molecule has 2 nitrogen and oxygen atoms in total. The van der Waals surface area contributed by atoms with E-state index in [0.717, 1.165) is 0 Å². The minimum absolute atomic E-state index is 0.148. The van der Waals surface area contributed by atoms with Crippen molar-refractivity contribution in [3.05, 3.63) is 12.2 Å². The highest BCUT2D eigenvalue weighted by molar-refractivity contribution is 7.79. The van der Waals surface area contributed by atoms with Crippen LogP contribution in [0.4, 0.5) is 4.39 Å². The molecule has 0 radical (unpaired) electrons. The van der Waals surface area contributed by atoms with E-state index in [1.54, 1.807) is 0 Å². The van der Waals surface area contributed by atoms with Crippen LogP contribution in [-0.4, -0.2) is 20.7 Å². The van der Waals surface area contributed by atoms with Crippen molar-refractivity contribution in [2.24, 2.45) is 5.92 Å². The Kier molecular flexibility index (Phi) is 3.40. The predicted molar refractivity (Wildman–Crippen MR) is 47.0 cm³/mol. The largest absolute Gasteiger partial charge is 0.306 e. The molecule has 70 valence electrons. The first-order valence-corrected chi connectivity index (χ1v) is 5.26. The Morgan fingerprint density at radius 1 is 1.67 bits per heavy atom. The Bertz CT molecular complexity index is 205. The van der Waals surface area contributed by atoms with E-state index in [2.05, 4.69) is 6.58 Å². The van der Waals surface area contributed by atoms with Crippen molar-refractivity contribution in [3.63, 3.8) is 0 Å². The molecule has 1 fully saturated rings. The zero-order valence-electron chi connectivity index (χ0n) is 6.83. The zero-order chi connectivity index (χ0) is 9.14. The summed E-state index contributed by atoms with van der Waals surface area (Å²) in [6, 6.07) is 0. The summed E-state index contributed by atoms with van der Waals surface area (Å²) in [5.41, 5.74) is 0.580. The number of alkyl halides is 1. The first-order valence-electron chi connectivity index (χ1n) is 3.98. The van der Waals surface area contributed by atoms with Gasteiger partial charge in [-0.05, 0) is 30.8 Å². The van der Waals surface area contributed by atoms with E-state index in [1.807, 2.05) is 0 Å². The number of hydrogen-bond donors (Lipinski definition) is 1. The van der Waals surface area contributed by atoms with Gasteiger partial charge in [-0.3, -0.25) is 0 Å². The monoisotopic (exact) mass is 192 g/mol. The molecule has 1 saturated carbocycles. The lowest BCUT2D eigenvalue weighted by molar-refractivity contribution is 0.282. The topological polar surface area (TPSA) is 37.3 Å². The van der Waals surface area contributed by atoms with Crippen LogP contribution in [0.3, 0.4) is 0 Å². The number of allylic oxidation sites excluding steroid dienone is 1. The Labute approximate surface area is 74.1 Å². The first-order chi connectivity index (χ1) is 5.59. The molecular weight excluding hydrogens is 179 g/mol. The van der Waals surface area contributed by atoms with Crippen molar-refractivity contribution in [2.75, 3.05) is 5.75 Å². The number of rotatable bonds is 2. The fourth-order valence-electron chi connectivity index (χ4n) is 1.53. The molecule has 0 heterocycles. The Morgan fingerprint density at radius 2 is 2.33 bits per heavy atom. The molecule has 1 aliphatic rings. The molecule has 1 N–H and O–H groups in total. The summed E-state index contributed by atoms with van der Waals surface area (Å²) in [4.78, 5) is 0. The molecule has 0 bridgehead atoms. The molecule has 0 aliphatic heterocycles. The molecule has 1 rings (SSSR count). The zero-order valence-corrected chi connectivity index (χ0v) is 7.65. The van der Waals surface area contributed by atoms with Gasteiger partial charge in [-0.25, -0.2) is 8.60 Å². The third-order valence-electron chi connectivity index (χ3n) is 2.20. The van der Waals surface area contributed by atoms with Gasteiger partial charge in [0, 0.05) is 0 Å². The summed E-state index contributed by atoms with van der Waals surface area (Å²) in [6.45, 7) is 3.60. The molecule has 1 aliphatic carbocycles. The summed E-state index contributed by atoms with van der Waals surface area (Å²) in [6.07, 6.45) is 0.828. The Morgan fingerprint density at radius 3 is 2.83 bits per heavy atom. The minimum Gasteiger partial charge on any atom is -0.306 e. The van der Waals surface area contributed by atoms with Crippen LogP contribution in [0.5, 0.6) is 0 Å². The Hall–Kier alpha value is -0.220. The van der Waals surface area contributed by atoms with Gasteiger partial charge < -0.3 is 4.55 Å². The highest BCUT2D eigenvalue weighted by Crippen LogP contribution is 2.29. The van der Waals surface area contributed by atoms with E-state index in [-0.39, 0.29) is 11.7 Å². The molecule has 3 unspecified atom stereocenters. The summed E-state index contributed by atoms with van der Waals surface area (Å²) in [5.74, 6) is 0.404. The molecule has 0 aromatic heterocycles. The van der Waals surface area contributed by atoms with Crippen molar-refractivity contribution in [2.45, 2.75) is 25.4 Å². The Balaban J connectivity index is 2.40. The lowest BCUT2D eigenvalue weighted by Crippen LogP contribution is -2.21. The SMILES string of the molecule is C=C1CC(CS(=O)O)CCC1F. The third kappa shape index (κ3) is 2.68. The van der Waals surface area contributed by atoms with E-state index in [1.165, 1.54) is 0 Å². The van der Waals surface area contributed by atoms with Crippen LogP contribution in [-0.2, 0) is 11.1 Å². The molecule has 3 atom stereocenters. The minimum atomic E-state index is -1.75. The van der Waals surface area contributed by atoms with Gasteiger partial charge in [-0.1, -0.05) is 6.58 Å². The molecule has 0 saturated heterocycles. The number of halogens is 1. The van der Waals surface area contributed by atoms with Gasteiger partial charge in [-0.2, -0.15) is 0 Å². The van der Waals surface area contributed by atoms with Gasteiger partial charge in [0.25, 0.3) is 0 Å². The maximum atomic E-state index is 12.9. The van der Waals surface area contributed by atoms with Crippen LogP contribution < -0.4 is 0 Å². The maximum Gasteiger partial charge on any atom is 0.153 e. The van der Waals surface area contributed by atoms with Gasteiger partial charge in [0.2, 0.25) is 0 Å². The van der Waals surface area contributed by atoms with Crippen LogP contribution in [0.1, 0.15) is 19.3 Å². The van der Waals surface area contributed by atoms with E-state index < -0.39 is 17.3 Å². The predicted octanol–water partition coefficient (Wildman–Crippen LogP) is 1.90. The van der Waals surface area contributed by atoms with Gasteiger partial charge >= 0.3 is 0 Å². The molecule has 0 aromatic carbocycles. The molecular formula is C8H13FO2S. The normalized spacial score (nSPS) is 33.3. The van der Waals surface area contributed by atoms with Gasteiger partial charge in [0.15, 0.2) is 11.1 Å². The van der Waals surface area contributed by atoms with E-state index in [9.17, 15) is 8.60 Å². The standard InChI is InChI=1S/C8H13FO2S/c1-6-4-7(5-12(10)11)2-3-8(6)9/h7-8H,1-5H2,(H,10,11). The average molecular weight is 192 g/mol. The van der Waals surface area contributed by atoms with Crippen LogP contribution in [0.25, 0.3) is 0 Å². The second-order valence-electron chi connectivity index (χ2n) is 3.26. The van der Waals surface area contributed by atoms with E-state index >= 15 is 0 Å². The van der Waals surface area contributed by atoms with Crippen molar-refractivity contribution < 1.29 is 13.2 Å². The highest BCUT2D eigenvalue weighted by Gasteiger charge is 2.24. The van der Waals surface area contributed by atoms with Crippen LogP contribution in [0, 0.1) is 5.92 Å². The maximum absolute atomic E-state index is 12.9. The third-order valence-corrected chi connectivity index (χ3v) is 2.96. The molecule has 12 heavy (non-hydrogen) atoms. The first kappa shape index (κ1) is 9.86. The molecule has 0 spiro atoms. The fraction of sp³-hybridized carbons (Fsp3) is 0.750. The quantitative estimate of drug-likeness (QED) is 0.536. The summed E-state index contributed by atoms with van der Waals surface area (Å²) in [7, 11) is 0. The summed E-state index contributed by atoms with van der Waals surface area (Å²) in [5, 5.41) is 0. The highest BCUT2D eigenvalue weighted by atomic mass is 32.2. The molecule has 4 heteroatoms. The van der Waals surface area contributed by atoms with Gasteiger partial charge in [-0.15, -0.1) is 0 Å². The van der Waals surface area contributed by atoms with Crippen molar-refractivity contribution >= 4 is 11.1 Å². The number of hydrogen-bond acceptors (Lipinski definition) is 1. The van der Waals surface area contributed by atoms with Crippen LogP contribution in [0.2, 0.25) is 0 Å². The summed E-state index contributed by atoms with van der Waals surface area (Å²) >= 11 is -1.75. The van der Waals surface area contributed by atoms with Crippen LogP contribution in [0.15, 0.2) is 12.2 Å². The van der Waals surface area contributed by atoms with Crippen molar-refractivity contribution in [1.82, 2.24) is 0 Å². The van der Waals surface area contributed by atoms with Crippen molar-refractivity contribution in [1.29, 1.82) is 0 Å². The smallest absolute Gasteiger partial charge is 0.153 e. The van der Waals surface area contributed by atoms with Gasteiger partial charge in [0.05, 0.1) is 5.75 Å². The fourth-order valence-corrected chi connectivity index (χ4v) is 2.22. The lowest BCUT2D eigenvalue weighted by Gasteiger charge is -2.24. The van der Waals surface area contributed by atoms with E-state index in [0.29, 0.717) is 24.8 Å². The molecule has 0 amide bonds. The average Bonchev–Trinajstić information content (AvgIpc) is 1.96. The second-order valence-corrected chi connectivity index (χ2v) is 4.24. The van der Waals surface area contributed by atoms with Crippen molar-refractivity contribution in [3.8, 4) is 0 Å². The molecule has 0 aromatic rings. The van der Waals surface area contributed by atoms with Crippen LogP contribution >= 0.6 is 0 Å². The van der Waals surface area contributed by atoms with Gasteiger partial charge in [0.1, 0.15) is 6.17 Å².